The van der Waals surface area contributed by atoms with Gasteiger partial charge in [-0.3, -0.25) is 0 Å². The summed E-state index contributed by atoms with van der Waals surface area (Å²) in [6.45, 7) is 0. The van der Waals surface area contributed by atoms with E-state index < -0.39 is 0 Å². The normalized spacial score (nSPS) is 22.8. The maximum absolute atomic E-state index is 5.47. The molecule has 0 fully saturated rings. The molecule has 1 heteroatoms. The van der Waals surface area contributed by atoms with E-state index in [2.05, 4.69) is 78.9 Å². The molecule has 0 unspecified atom stereocenters. The molecule has 2 atom stereocenters. The van der Waals surface area contributed by atoms with Crippen LogP contribution in [0.4, 0.5) is 0 Å². The van der Waals surface area contributed by atoms with Gasteiger partial charge in [0.25, 0.3) is 0 Å². The number of methoxy groups -OCH3 is 1. The molecule has 0 bridgehead atoms. The van der Waals surface area contributed by atoms with Crippen LogP contribution >= 0.6 is 0 Å². The Bertz CT molecular complexity index is 796. The van der Waals surface area contributed by atoms with Crippen molar-refractivity contribution < 1.29 is 4.74 Å². The highest BCUT2D eigenvalue weighted by molar-refractivity contribution is 5.52. The van der Waals surface area contributed by atoms with Crippen molar-refractivity contribution >= 4 is 0 Å². The maximum Gasteiger partial charge on any atom is 0.0999 e. The molecule has 0 saturated carbocycles. The first-order chi connectivity index (χ1) is 11.9. The van der Waals surface area contributed by atoms with Crippen LogP contribution in [0.3, 0.4) is 0 Å². The minimum absolute atomic E-state index is 0.406. The first-order valence-electron chi connectivity index (χ1n) is 8.61. The van der Waals surface area contributed by atoms with E-state index in [1.54, 1.807) is 7.11 Å². The zero-order chi connectivity index (χ0) is 16.4. The third-order valence-electron chi connectivity index (χ3n) is 5.19. The molecule has 120 valence electrons. The molecule has 0 spiro atoms. The fourth-order valence-electron chi connectivity index (χ4n) is 4.00. The van der Waals surface area contributed by atoms with Crippen LogP contribution in [0.25, 0.3) is 0 Å². The Morgan fingerprint density at radius 1 is 0.833 bits per heavy atom. The van der Waals surface area contributed by atoms with E-state index in [1.807, 2.05) is 0 Å². The average Bonchev–Trinajstić information content (AvgIpc) is 2.68. The highest BCUT2D eigenvalue weighted by Crippen LogP contribution is 2.49. The third-order valence-corrected chi connectivity index (χ3v) is 5.19. The van der Waals surface area contributed by atoms with Crippen molar-refractivity contribution in [2.24, 2.45) is 0 Å². The van der Waals surface area contributed by atoms with Gasteiger partial charge in [0, 0.05) is 12.3 Å². The summed E-state index contributed by atoms with van der Waals surface area (Å²) < 4.78 is 5.47. The molecular weight excluding hydrogens is 292 g/mol. The van der Waals surface area contributed by atoms with E-state index in [1.165, 1.54) is 22.3 Å². The molecule has 0 amide bonds. The van der Waals surface area contributed by atoms with Crippen LogP contribution in [0, 0.1) is 0 Å². The Hall–Kier alpha value is -2.54. The second kappa shape index (κ2) is 6.52. The lowest BCUT2D eigenvalue weighted by Gasteiger charge is -2.36. The summed E-state index contributed by atoms with van der Waals surface area (Å²) >= 11 is 0. The first kappa shape index (κ1) is 15.0. The van der Waals surface area contributed by atoms with Gasteiger partial charge in [0.2, 0.25) is 0 Å². The van der Waals surface area contributed by atoms with E-state index in [4.69, 9.17) is 4.74 Å². The zero-order valence-electron chi connectivity index (χ0n) is 14.0. The second-order valence-electron chi connectivity index (χ2n) is 6.51. The molecular formula is C23H22O. The molecule has 0 heterocycles. The molecule has 2 aromatic rings. The van der Waals surface area contributed by atoms with E-state index >= 15 is 0 Å². The molecule has 0 saturated heterocycles. The predicted octanol–water partition coefficient (Wildman–Crippen LogP) is 5.74. The molecule has 1 nitrogen and oxygen atoms in total. The Labute approximate surface area is 144 Å². The number of allylic oxidation sites excluding steroid dienone is 5. The first-order valence-corrected chi connectivity index (χ1v) is 8.61. The van der Waals surface area contributed by atoms with Crippen molar-refractivity contribution in [1.82, 2.24) is 0 Å². The highest BCUT2D eigenvalue weighted by atomic mass is 16.5. The van der Waals surface area contributed by atoms with Crippen LogP contribution in [0.2, 0.25) is 0 Å². The Morgan fingerprint density at radius 2 is 1.50 bits per heavy atom. The van der Waals surface area contributed by atoms with Crippen molar-refractivity contribution in [2.75, 3.05) is 7.11 Å². The lowest BCUT2D eigenvalue weighted by atomic mass is 9.68. The van der Waals surface area contributed by atoms with E-state index in [0.29, 0.717) is 11.8 Å². The summed E-state index contributed by atoms with van der Waals surface area (Å²) in [7, 11) is 1.76. The van der Waals surface area contributed by atoms with E-state index in [-0.39, 0.29) is 0 Å². The summed E-state index contributed by atoms with van der Waals surface area (Å²) in [6.07, 6.45) is 8.80. The number of benzene rings is 2. The standard InChI is InChI=1S/C23H22O/c1-24-20-13-15-22-19(16-20)12-14-21(17-8-4-2-5-9-17)23(22)18-10-6-3-7-11-18/h2-13,15,21,23H,14,16H2,1H3/t21-,23-/m0/s1. The van der Waals surface area contributed by atoms with Gasteiger partial charge in [0.1, 0.15) is 0 Å². The van der Waals surface area contributed by atoms with Gasteiger partial charge in [-0.2, -0.15) is 0 Å². The van der Waals surface area contributed by atoms with Gasteiger partial charge >= 0.3 is 0 Å². The van der Waals surface area contributed by atoms with Crippen LogP contribution in [0.1, 0.15) is 35.8 Å². The van der Waals surface area contributed by atoms with Gasteiger partial charge in [-0.25, -0.2) is 0 Å². The fraction of sp³-hybridized carbons (Fsp3) is 0.217. The lowest BCUT2D eigenvalue weighted by molar-refractivity contribution is 0.281. The Kier molecular flexibility index (Phi) is 4.08. The van der Waals surface area contributed by atoms with E-state index in [0.717, 1.165) is 18.6 Å². The van der Waals surface area contributed by atoms with Gasteiger partial charge in [-0.1, -0.05) is 72.8 Å². The van der Waals surface area contributed by atoms with Crippen molar-refractivity contribution in [2.45, 2.75) is 24.7 Å². The largest absolute Gasteiger partial charge is 0.501 e. The van der Waals surface area contributed by atoms with Crippen molar-refractivity contribution in [3.8, 4) is 0 Å². The summed E-state index contributed by atoms with van der Waals surface area (Å²) in [5.41, 5.74) is 5.69. The van der Waals surface area contributed by atoms with Crippen LogP contribution in [-0.4, -0.2) is 7.11 Å². The zero-order valence-corrected chi connectivity index (χ0v) is 14.0. The van der Waals surface area contributed by atoms with Gasteiger partial charge in [0.05, 0.1) is 12.9 Å². The maximum atomic E-state index is 5.47. The number of rotatable bonds is 3. The van der Waals surface area contributed by atoms with Gasteiger partial charge in [0.15, 0.2) is 0 Å². The van der Waals surface area contributed by atoms with Gasteiger partial charge in [-0.15, -0.1) is 0 Å². The van der Waals surface area contributed by atoms with Crippen LogP contribution in [-0.2, 0) is 4.74 Å². The Morgan fingerprint density at radius 3 is 2.17 bits per heavy atom. The smallest absolute Gasteiger partial charge is 0.0999 e. The fourth-order valence-corrected chi connectivity index (χ4v) is 4.00. The molecule has 0 radical (unpaired) electrons. The summed E-state index contributed by atoms with van der Waals surface area (Å²) in [5, 5.41) is 0. The number of fused-ring (bicyclic) bond motifs is 1. The third kappa shape index (κ3) is 2.71. The molecule has 0 aromatic heterocycles. The molecule has 2 aliphatic carbocycles. The SMILES string of the molecule is COC1=CC=C2C(=CC[C@@H](c3ccccc3)[C@@H]2c2ccccc2)C1. The summed E-state index contributed by atoms with van der Waals surface area (Å²) in [6, 6.07) is 21.8. The molecule has 0 aliphatic heterocycles. The number of hydrogen-bond acceptors (Lipinski definition) is 1. The Balaban J connectivity index is 1.82. The van der Waals surface area contributed by atoms with E-state index in [9.17, 15) is 0 Å². The minimum atomic E-state index is 0.406. The molecule has 24 heavy (non-hydrogen) atoms. The van der Waals surface area contributed by atoms with Gasteiger partial charge in [-0.05, 0) is 40.7 Å². The average molecular weight is 314 g/mol. The topological polar surface area (TPSA) is 9.23 Å². The number of ether oxygens (including phenoxy) is 1. The highest BCUT2D eigenvalue weighted by Gasteiger charge is 2.33. The molecule has 0 N–H and O–H groups in total. The van der Waals surface area contributed by atoms with Crippen molar-refractivity contribution in [3.05, 3.63) is 107 Å². The van der Waals surface area contributed by atoms with Crippen molar-refractivity contribution in [1.29, 1.82) is 0 Å². The second-order valence-corrected chi connectivity index (χ2v) is 6.51. The van der Waals surface area contributed by atoms with Crippen LogP contribution in [0.5, 0.6) is 0 Å². The van der Waals surface area contributed by atoms with Crippen LogP contribution < -0.4 is 0 Å². The number of hydrogen-bond donors (Lipinski definition) is 0. The molecule has 4 rings (SSSR count). The predicted molar refractivity (Wildman–Crippen MR) is 98.9 cm³/mol. The summed E-state index contributed by atoms with van der Waals surface area (Å²) in [4.78, 5) is 0. The summed E-state index contributed by atoms with van der Waals surface area (Å²) in [5.74, 6) is 1.94. The van der Waals surface area contributed by atoms with Crippen molar-refractivity contribution in [3.63, 3.8) is 0 Å². The molecule has 2 aliphatic rings. The minimum Gasteiger partial charge on any atom is -0.501 e. The monoisotopic (exact) mass is 314 g/mol. The lowest BCUT2D eigenvalue weighted by Crippen LogP contribution is -2.20. The quantitative estimate of drug-likeness (QED) is 0.701. The van der Waals surface area contributed by atoms with Gasteiger partial charge < -0.3 is 4.74 Å². The molecule has 2 aromatic carbocycles. The van der Waals surface area contributed by atoms with Crippen LogP contribution in [0.15, 0.2) is 95.8 Å².